The lowest BCUT2D eigenvalue weighted by atomic mass is 10.0. The Morgan fingerprint density at radius 2 is 1.14 bits per heavy atom. The van der Waals surface area contributed by atoms with Gasteiger partial charge in [-0.3, -0.25) is 9.59 Å². The summed E-state index contributed by atoms with van der Waals surface area (Å²) in [5, 5.41) is 1.66. The summed E-state index contributed by atoms with van der Waals surface area (Å²) in [4.78, 5) is 31.9. The van der Waals surface area contributed by atoms with Gasteiger partial charge in [0.1, 0.15) is 0 Å². The molecule has 0 N–H and O–H groups in total. The molecular weight excluding hydrogens is 527 g/mol. The van der Waals surface area contributed by atoms with Gasteiger partial charge in [0.25, 0.3) is 0 Å². The third-order valence-corrected chi connectivity index (χ3v) is 6.67. The molecule has 0 fully saturated rings. The highest BCUT2D eigenvalue weighted by Crippen LogP contribution is 2.35. The molecule has 0 saturated heterocycles. The molecule has 37 heavy (non-hydrogen) atoms. The van der Waals surface area contributed by atoms with Crippen molar-refractivity contribution in [2.24, 2.45) is 0 Å². The molecule has 0 aliphatic carbocycles. The summed E-state index contributed by atoms with van der Waals surface area (Å²) in [5.41, 5.74) is 3.64. The summed E-state index contributed by atoms with van der Waals surface area (Å²) in [7, 11) is 0. The molecule has 4 aromatic carbocycles. The van der Waals surface area contributed by atoms with Gasteiger partial charge in [-0.1, -0.05) is 89.4 Å². The number of carbonyl (C=O) groups is 2. The lowest BCUT2D eigenvalue weighted by Crippen LogP contribution is -2.18. The monoisotopic (exact) mass is 544 g/mol. The number of carbonyl (C=O) groups excluding carboxylic acids is 2. The second-order valence-corrected chi connectivity index (χ2v) is 9.67. The maximum absolute atomic E-state index is 13.8. The van der Waals surface area contributed by atoms with E-state index in [-0.39, 0.29) is 23.9 Å². The first-order valence-electron chi connectivity index (χ1n) is 11.4. The molecule has 0 radical (unpaired) electrons. The third kappa shape index (κ3) is 5.37. The molecule has 0 unspecified atom stereocenters. The summed E-state index contributed by atoms with van der Waals surface area (Å²) in [5.74, 6) is -0.338. The Hall–Kier alpha value is -3.70. The zero-order chi connectivity index (χ0) is 25.9. The number of imidazole rings is 1. The Morgan fingerprint density at radius 1 is 0.622 bits per heavy atom. The highest BCUT2D eigenvalue weighted by atomic mass is 35.5. The van der Waals surface area contributed by atoms with Crippen LogP contribution in [0.15, 0.2) is 103 Å². The fourth-order valence-electron chi connectivity index (χ4n) is 4.08. The number of benzene rings is 4. The molecule has 0 bridgehead atoms. The molecule has 182 valence electrons. The summed E-state index contributed by atoms with van der Waals surface area (Å²) in [6, 6.07) is 30.0. The Bertz CT molecular complexity index is 1580. The topological polar surface area (TPSA) is 52.0 Å². The van der Waals surface area contributed by atoms with Gasteiger partial charge in [-0.05, 0) is 48.5 Å². The van der Waals surface area contributed by atoms with E-state index in [1.54, 1.807) is 77.4 Å². The van der Waals surface area contributed by atoms with Gasteiger partial charge in [-0.25, -0.2) is 4.98 Å². The first-order valence-corrected chi connectivity index (χ1v) is 12.5. The number of Topliss-reactive ketones (excluding diaryl/α,β-unsaturated/α-hetero) is 1. The van der Waals surface area contributed by atoms with Crippen molar-refractivity contribution >= 4 is 46.4 Å². The minimum atomic E-state index is -0.326. The lowest BCUT2D eigenvalue weighted by Gasteiger charge is -2.13. The van der Waals surface area contributed by atoms with Crippen molar-refractivity contribution in [2.45, 2.75) is 6.54 Å². The average molecular weight is 546 g/mol. The van der Waals surface area contributed by atoms with Gasteiger partial charge in [0.15, 0.2) is 11.6 Å². The van der Waals surface area contributed by atoms with E-state index < -0.39 is 0 Å². The number of hydrogen-bond donors (Lipinski definition) is 0. The predicted octanol–water partition coefficient (Wildman–Crippen LogP) is 8.29. The van der Waals surface area contributed by atoms with Gasteiger partial charge in [0.05, 0.1) is 17.9 Å². The molecular formula is C30H19Cl3N2O2. The second-order valence-electron chi connectivity index (χ2n) is 8.36. The van der Waals surface area contributed by atoms with E-state index in [4.69, 9.17) is 39.8 Å². The molecule has 0 aliphatic heterocycles. The number of rotatable bonds is 7. The van der Waals surface area contributed by atoms with Crippen molar-refractivity contribution < 1.29 is 9.59 Å². The fourth-order valence-corrected chi connectivity index (χ4v) is 4.46. The Labute approximate surface area is 229 Å². The first kappa shape index (κ1) is 25.0. The number of nitrogens with zero attached hydrogens (tertiary/aromatic N) is 2. The summed E-state index contributed by atoms with van der Waals surface area (Å²) >= 11 is 18.4. The molecule has 0 spiro atoms. The Morgan fingerprint density at radius 3 is 1.70 bits per heavy atom. The minimum absolute atomic E-state index is 0.0861. The van der Waals surface area contributed by atoms with Crippen molar-refractivity contribution in [1.82, 2.24) is 9.55 Å². The van der Waals surface area contributed by atoms with Crippen LogP contribution >= 0.6 is 34.8 Å². The quantitative estimate of drug-likeness (QED) is 0.193. The van der Waals surface area contributed by atoms with Crippen LogP contribution in [-0.4, -0.2) is 21.1 Å². The third-order valence-electron chi connectivity index (χ3n) is 5.91. The van der Waals surface area contributed by atoms with Crippen LogP contribution < -0.4 is 0 Å². The molecule has 5 aromatic rings. The predicted molar refractivity (Wildman–Crippen MR) is 149 cm³/mol. The SMILES string of the molecule is O=C(Cn1c(C(=O)c2ccc(Cl)cc2)nc(-c2ccc(Cl)cc2)c1-c1ccc(Cl)cc1)c1ccccc1. The maximum Gasteiger partial charge on any atom is 0.228 e. The minimum Gasteiger partial charge on any atom is -0.313 e. The molecule has 7 heteroatoms. The van der Waals surface area contributed by atoms with Crippen LogP contribution in [0.2, 0.25) is 15.1 Å². The molecule has 0 atom stereocenters. The van der Waals surface area contributed by atoms with E-state index in [0.29, 0.717) is 37.6 Å². The van der Waals surface area contributed by atoms with Gasteiger partial charge in [0.2, 0.25) is 5.78 Å². The van der Waals surface area contributed by atoms with Crippen molar-refractivity contribution in [2.75, 3.05) is 0 Å². The normalized spacial score (nSPS) is 10.9. The number of aromatic nitrogens is 2. The average Bonchev–Trinajstić information content (AvgIpc) is 3.29. The van der Waals surface area contributed by atoms with Crippen molar-refractivity contribution in [1.29, 1.82) is 0 Å². The summed E-state index contributed by atoms with van der Waals surface area (Å²) in [6.07, 6.45) is 0. The summed E-state index contributed by atoms with van der Waals surface area (Å²) in [6.45, 7) is -0.0861. The Kier molecular flexibility index (Phi) is 7.24. The maximum atomic E-state index is 13.8. The number of hydrogen-bond acceptors (Lipinski definition) is 3. The van der Waals surface area contributed by atoms with Crippen LogP contribution in [0.25, 0.3) is 22.5 Å². The largest absolute Gasteiger partial charge is 0.313 e. The highest BCUT2D eigenvalue weighted by molar-refractivity contribution is 6.31. The molecule has 1 aromatic heterocycles. The van der Waals surface area contributed by atoms with E-state index in [0.717, 1.165) is 11.1 Å². The van der Waals surface area contributed by atoms with E-state index in [9.17, 15) is 9.59 Å². The summed E-state index contributed by atoms with van der Waals surface area (Å²) < 4.78 is 1.68. The molecule has 5 rings (SSSR count). The van der Waals surface area contributed by atoms with Crippen molar-refractivity contribution in [3.05, 3.63) is 135 Å². The van der Waals surface area contributed by atoms with Gasteiger partial charge in [-0.2, -0.15) is 0 Å². The fraction of sp³-hybridized carbons (Fsp3) is 0.0333. The molecule has 1 heterocycles. The van der Waals surface area contributed by atoms with Gasteiger partial charge in [0, 0.05) is 37.3 Å². The van der Waals surface area contributed by atoms with E-state index in [1.165, 1.54) is 0 Å². The van der Waals surface area contributed by atoms with Crippen LogP contribution in [0, 0.1) is 0 Å². The Balaban J connectivity index is 1.75. The zero-order valence-corrected chi connectivity index (χ0v) is 21.6. The highest BCUT2D eigenvalue weighted by Gasteiger charge is 2.26. The van der Waals surface area contributed by atoms with Gasteiger partial charge >= 0.3 is 0 Å². The van der Waals surface area contributed by atoms with E-state index >= 15 is 0 Å². The van der Waals surface area contributed by atoms with Crippen LogP contribution in [-0.2, 0) is 6.54 Å². The molecule has 0 aliphatic rings. The standard InChI is InChI=1S/C30H19Cl3N2O2/c31-23-12-6-20(7-13-23)27-28(21-8-14-24(32)15-9-21)35(18-26(36)19-4-2-1-3-5-19)30(34-27)29(37)22-10-16-25(33)17-11-22/h1-17H,18H2. The molecule has 0 saturated carbocycles. The van der Waals surface area contributed by atoms with Gasteiger partial charge < -0.3 is 4.57 Å². The van der Waals surface area contributed by atoms with Crippen molar-refractivity contribution in [3.63, 3.8) is 0 Å². The number of ketones is 2. The van der Waals surface area contributed by atoms with Crippen LogP contribution in [0.3, 0.4) is 0 Å². The second kappa shape index (κ2) is 10.7. The zero-order valence-electron chi connectivity index (χ0n) is 19.4. The smallest absolute Gasteiger partial charge is 0.228 e. The van der Waals surface area contributed by atoms with E-state index in [1.807, 2.05) is 30.3 Å². The number of halogens is 3. The van der Waals surface area contributed by atoms with Crippen LogP contribution in [0.4, 0.5) is 0 Å². The molecule has 0 amide bonds. The van der Waals surface area contributed by atoms with Crippen LogP contribution in [0.1, 0.15) is 26.5 Å². The first-order chi connectivity index (χ1) is 17.9. The van der Waals surface area contributed by atoms with E-state index in [2.05, 4.69) is 0 Å². The molecule has 4 nitrogen and oxygen atoms in total. The van der Waals surface area contributed by atoms with Crippen molar-refractivity contribution in [3.8, 4) is 22.5 Å². The van der Waals surface area contributed by atoms with Crippen LogP contribution in [0.5, 0.6) is 0 Å². The lowest BCUT2D eigenvalue weighted by molar-refractivity contribution is 0.0967. The van der Waals surface area contributed by atoms with Gasteiger partial charge in [-0.15, -0.1) is 0 Å².